The normalized spacial score (nSPS) is 11.8. The number of nitrogens with two attached hydrogens (primary N) is 1. The molecule has 0 aromatic heterocycles. The van der Waals surface area contributed by atoms with E-state index in [9.17, 15) is 0 Å². The van der Waals surface area contributed by atoms with E-state index in [-0.39, 0.29) is 0 Å². The van der Waals surface area contributed by atoms with E-state index < -0.39 is 0 Å². The zero-order chi connectivity index (χ0) is 10.6. The van der Waals surface area contributed by atoms with Crippen LogP contribution in [0.4, 0.5) is 0 Å². The van der Waals surface area contributed by atoms with E-state index in [1.54, 1.807) is 6.08 Å². The average molecular weight is 188 g/mol. The van der Waals surface area contributed by atoms with Crippen LogP contribution in [0.3, 0.4) is 0 Å². The van der Waals surface area contributed by atoms with Crippen LogP contribution in [-0.2, 0) is 0 Å². The quantitative estimate of drug-likeness (QED) is 0.704. The van der Waals surface area contributed by atoms with Crippen molar-refractivity contribution in [3.05, 3.63) is 41.5 Å². The summed E-state index contributed by atoms with van der Waals surface area (Å²) in [5, 5.41) is 6.91. The van der Waals surface area contributed by atoms with Gasteiger partial charge in [0.15, 0.2) is 0 Å². The lowest BCUT2D eigenvalue weighted by Gasteiger charge is -2.06. The van der Waals surface area contributed by atoms with E-state index in [1.165, 1.54) is 11.8 Å². The van der Waals surface area contributed by atoms with Crippen LogP contribution in [0.1, 0.15) is 30.9 Å². The summed E-state index contributed by atoms with van der Waals surface area (Å²) in [6, 6.07) is 8.13. The summed E-state index contributed by atoms with van der Waals surface area (Å²) in [4.78, 5) is 0. The maximum Gasteiger partial charge on any atom is 0.0402 e. The first kappa shape index (κ1) is 10.5. The molecule has 3 N–H and O–H groups in total. The van der Waals surface area contributed by atoms with E-state index in [4.69, 9.17) is 11.1 Å². The number of rotatable bonds is 3. The maximum absolute atomic E-state index is 6.91. The van der Waals surface area contributed by atoms with Gasteiger partial charge in [0.1, 0.15) is 0 Å². The summed E-state index contributed by atoms with van der Waals surface area (Å²) in [6.07, 6.45) is 2.79. The van der Waals surface area contributed by atoms with E-state index in [0.717, 1.165) is 5.56 Å². The number of hydrogen-bond acceptors (Lipinski definition) is 2. The van der Waals surface area contributed by atoms with Crippen molar-refractivity contribution in [3.63, 3.8) is 0 Å². The molecule has 1 aromatic carbocycles. The molecule has 2 nitrogen and oxygen atoms in total. The Morgan fingerprint density at radius 2 is 1.86 bits per heavy atom. The zero-order valence-electron chi connectivity index (χ0n) is 8.62. The van der Waals surface area contributed by atoms with Crippen molar-refractivity contribution in [1.82, 2.24) is 0 Å². The fraction of sp³-hybridized carbons (Fsp3) is 0.250. The minimum Gasteiger partial charge on any atom is -0.398 e. The Balaban J connectivity index is 2.93. The zero-order valence-corrected chi connectivity index (χ0v) is 8.62. The van der Waals surface area contributed by atoms with E-state index >= 15 is 0 Å². The second-order valence-electron chi connectivity index (χ2n) is 3.57. The van der Waals surface area contributed by atoms with Crippen molar-refractivity contribution in [2.24, 2.45) is 5.73 Å². The second kappa shape index (κ2) is 4.61. The molecule has 0 amide bonds. The van der Waals surface area contributed by atoms with Crippen LogP contribution in [0.25, 0.3) is 5.70 Å². The highest BCUT2D eigenvalue weighted by atomic mass is 14.6. The largest absolute Gasteiger partial charge is 0.398 e. The van der Waals surface area contributed by atoms with Crippen LogP contribution in [0.2, 0.25) is 0 Å². The fourth-order valence-electron chi connectivity index (χ4n) is 1.25. The number of hydrogen-bond donors (Lipinski definition) is 2. The molecule has 0 radical (unpaired) electrons. The highest BCUT2D eigenvalue weighted by Crippen LogP contribution is 2.16. The highest BCUT2D eigenvalue weighted by Gasteiger charge is 1.99. The van der Waals surface area contributed by atoms with Gasteiger partial charge in [-0.1, -0.05) is 38.1 Å². The lowest BCUT2D eigenvalue weighted by Crippen LogP contribution is -1.97. The van der Waals surface area contributed by atoms with Gasteiger partial charge in [-0.2, -0.15) is 0 Å². The summed E-state index contributed by atoms with van der Waals surface area (Å²) in [5.41, 5.74) is 8.65. The second-order valence-corrected chi connectivity index (χ2v) is 3.57. The van der Waals surface area contributed by atoms with Crippen LogP contribution >= 0.6 is 0 Å². The molecule has 0 saturated carbocycles. The summed E-state index contributed by atoms with van der Waals surface area (Å²) < 4.78 is 0. The molecule has 0 aliphatic rings. The Bertz CT molecular complexity index is 334. The number of benzene rings is 1. The third kappa shape index (κ3) is 2.46. The fourth-order valence-corrected chi connectivity index (χ4v) is 1.25. The first-order chi connectivity index (χ1) is 6.65. The van der Waals surface area contributed by atoms with Gasteiger partial charge in [-0.25, -0.2) is 0 Å². The Labute approximate surface area is 85.0 Å². The van der Waals surface area contributed by atoms with Crippen molar-refractivity contribution in [1.29, 1.82) is 5.41 Å². The molecule has 74 valence electrons. The van der Waals surface area contributed by atoms with Crippen molar-refractivity contribution in [2.45, 2.75) is 19.8 Å². The molecular formula is C12H16N2. The summed E-state index contributed by atoms with van der Waals surface area (Å²) >= 11 is 0. The van der Waals surface area contributed by atoms with Gasteiger partial charge in [0.05, 0.1) is 0 Å². The molecule has 0 aliphatic carbocycles. The van der Waals surface area contributed by atoms with Gasteiger partial charge in [-0.3, -0.25) is 0 Å². The van der Waals surface area contributed by atoms with Gasteiger partial charge in [-0.15, -0.1) is 0 Å². The Kier molecular flexibility index (Phi) is 3.46. The molecule has 1 aromatic rings. The van der Waals surface area contributed by atoms with Crippen molar-refractivity contribution in [2.75, 3.05) is 0 Å². The average Bonchev–Trinajstić information content (AvgIpc) is 2.18. The number of allylic oxidation sites excluding steroid dienone is 1. The molecule has 0 atom stereocenters. The van der Waals surface area contributed by atoms with Gasteiger partial charge in [0, 0.05) is 11.9 Å². The van der Waals surface area contributed by atoms with E-state index in [0.29, 0.717) is 11.6 Å². The summed E-state index contributed by atoms with van der Waals surface area (Å²) in [5.74, 6) is 0.539. The monoisotopic (exact) mass is 188 g/mol. The molecule has 0 fully saturated rings. The highest BCUT2D eigenvalue weighted by molar-refractivity contribution is 5.81. The van der Waals surface area contributed by atoms with Crippen LogP contribution < -0.4 is 5.73 Å². The third-order valence-corrected chi connectivity index (χ3v) is 2.17. The predicted molar refractivity (Wildman–Crippen MR) is 61.5 cm³/mol. The molecule has 0 heterocycles. The van der Waals surface area contributed by atoms with Crippen molar-refractivity contribution >= 4 is 11.9 Å². The standard InChI is InChI=1S/C12H16N2/c1-9(2)10-3-5-11(6-4-10)12(14)7-8-13/h3-9,13H,14H2,1-2H3/b12-7-,13-8?. The van der Waals surface area contributed by atoms with Gasteiger partial charge in [0.2, 0.25) is 0 Å². The molecule has 0 spiro atoms. The molecule has 0 aliphatic heterocycles. The molecule has 2 heteroatoms. The smallest absolute Gasteiger partial charge is 0.0402 e. The van der Waals surface area contributed by atoms with Gasteiger partial charge in [-0.05, 0) is 23.1 Å². The molecule has 1 rings (SSSR count). The van der Waals surface area contributed by atoms with Gasteiger partial charge >= 0.3 is 0 Å². The van der Waals surface area contributed by atoms with Crippen LogP contribution in [-0.4, -0.2) is 6.21 Å². The van der Waals surface area contributed by atoms with E-state index in [1.807, 2.05) is 12.1 Å². The minimum absolute atomic E-state index is 0.539. The van der Waals surface area contributed by atoms with Crippen molar-refractivity contribution < 1.29 is 0 Å². The molecule has 0 saturated heterocycles. The minimum atomic E-state index is 0.539. The summed E-state index contributed by atoms with van der Waals surface area (Å²) in [6.45, 7) is 4.32. The number of nitrogens with one attached hydrogen (secondary N) is 1. The van der Waals surface area contributed by atoms with Gasteiger partial charge < -0.3 is 11.1 Å². The Morgan fingerprint density at radius 3 is 2.29 bits per heavy atom. The predicted octanol–water partition coefficient (Wildman–Crippen LogP) is 2.76. The molecular weight excluding hydrogens is 172 g/mol. The molecule has 14 heavy (non-hydrogen) atoms. The Morgan fingerprint density at radius 1 is 1.29 bits per heavy atom. The van der Waals surface area contributed by atoms with E-state index in [2.05, 4.69) is 26.0 Å². The Hall–Kier alpha value is -1.57. The third-order valence-electron chi connectivity index (χ3n) is 2.17. The molecule has 0 unspecified atom stereocenters. The first-order valence-electron chi connectivity index (χ1n) is 4.71. The first-order valence-corrected chi connectivity index (χ1v) is 4.71. The van der Waals surface area contributed by atoms with Crippen LogP contribution in [0.15, 0.2) is 30.3 Å². The maximum atomic E-state index is 6.91. The van der Waals surface area contributed by atoms with Gasteiger partial charge in [0.25, 0.3) is 0 Å². The molecule has 0 bridgehead atoms. The van der Waals surface area contributed by atoms with Crippen LogP contribution in [0, 0.1) is 5.41 Å². The SMILES string of the molecule is CC(C)c1ccc(/C(N)=C/C=N)cc1. The topological polar surface area (TPSA) is 49.9 Å². The van der Waals surface area contributed by atoms with Crippen LogP contribution in [0.5, 0.6) is 0 Å². The lowest BCUT2D eigenvalue weighted by molar-refractivity contribution is 0.866. The van der Waals surface area contributed by atoms with Crippen molar-refractivity contribution in [3.8, 4) is 0 Å². The summed E-state index contributed by atoms with van der Waals surface area (Å²) in [7, 11) is 0. The lowest BCUT2D eigenvalue weighted by atomic mass is 10.0.